The first kappa shape index (κ1) is 25.8. The van der Waals surface area contributed by atoms with Crippen molar-refractivity contribution in [3.63, 3.8) is 0 Å². The molecule has 3 heterocycles. The van der Waals surface area contributed by atoms with Crippen LogP contribution in [0.5, 0.6) is 0 Å². The van der Waals surface area contributed by atoms with Gasteiger partial charge in [-0.1, -0.05) is 84.4 Å². The fourth-order valence-electron chi connectivity index (χ4n) is 7.78. The molecule has 4 nitrogen and oxygen atoms in total. The van der Waals surface area contributed by atoms with Crippen LogP contribution in [0, 0.1) is 17.0 Å². The average Bonchev–Trinajstić information content (AvgIpc) is 3.42. The van der Waals surface area contributed by atoms with E-state index in [1.165, 1.54) is 24.3 Å². The number of hydrogen-bond acceptors (Lipinski definition) is 3. The molecule has 3 aliphatic rings. The van der Waals surface area contributed by atoms with Gasteiger partial charge in [0.2, 0.25) is 5.91 Å². The molecule has 2 spiro atoms. The summed E-state index contributed by atoms with van der Waals surface area (Å²) in [5.74, 6) is -0.798. The molecule has 0 unspecified atom stereocenters. The number of likely N-dealkylation sites (N-methyl/N-ethyl adjacent to an activating group) is 1. The highest BCUT2D eigenvalue weighted by atomic mass is 19.1. The Bertz CT molecular complexity index is 1640. The van der Waals surface area contributed by atoms with E-state index < -0.39 is 11.0 Å². The van der Waals surface area contributed by atoms with Crippen molar-refractivity contribution < 1.29 is 13.6 Å². The van der Waals surface area contributed by atoms with Crippen molar-refractivity contribution in [3.05, 3.63) is 143 Å². The highest BCUT2D eigenvalue weighted by Crippen LogP contribution is 2.66. The second-order valence-electron chi connectivity index (χ2n) is 11.7. The zero-order chi connectivity index (χ0) is 28.2. The lowest BCUT2D eigenvalue weighted by Crippen LogP contribution is -2.60. The number of rotatable bonds is 3. The van der Waals surface area contributed by atoms with Gasteiger partial charge in [0.05, 0.1) is 0 Å². The third-order valence-corrected chi connectivity index (χ3v) is 9.16. The van der Waals surface area contributed by atoms with E-state index in [0.717, 1.165) is 40.1 Å². The second-order valence-corrected chi connectivity index (χ2v) is 11.7. The normalized spacial score (nSPS) is 28.4. The van der Waals surface area contributed by atoms with E-state index in [0.29, 0.717) is 13.0 Å². The van der Waals surface area contributed by atoms with Crippen LogP contribution < -0.4 is 10.6 Å². The van der Waals surface area contributed by atoms with Gasteiger partial charge in [-0.05, 0) is 60.5 Å². The monoisotopic (exact) mass is 547 g/mol. The Labute approximate surface area is 238 Å². The SMILES string of the molecule is CN1C/C(=C/c2ccc(F)cc2)C[C@]2(C1)[C@H](c1ccc(F)cc1)[C@H](c1ccccc1)N[C@]21C(=O)Nc2ccccc21. The zero-order valence-electron chi connectivity index (χ0n) is 22.8. The molecule has 4 atom stereocenters. The molecular weight excluding hydrogens is 516 g/mol. The van der Waals surface area contributed by atoms with Crippen LogP contribution in [-0.2, 0) is 10.3 Å². The van der Waals surface area contributed by atoms with E-state index >= 15 is 0 Å². The van der Waals surface area contributed by atoms with Gasteiger partial charge in [-0.3, -0.25) is 10.1 Å². The molecule has 0 aliphatic carbocycles. The molecule has 4 aromatic rings. The highest BCUT2D eigenvalue weighted by molar-refractivity contribution is 6.07. The Morgan fingerprint density at radius 2 is 1.49 bits per heavy atom. The number of halogens is 2. The van der Waals surface area contributed by atoms with Crippen molar-refractivity contribution in [2.24, 2.45) is 5.41 Å². The summed E-state index contributed by atoms with van der Waals surface area (Å²) in [6, 6.07) is 31.2. The average molecular weight is 548 g/mol. The molecule has 0 aromatic heterocycles. The van der Waals surface area contributed by atoms with Gasteiger partial charge in [0.15, 0.2) is 0 Å². The van der Waals surface area contributed by atoms with E-state index in [1.54, 1.807) is 12.1 Å². The van der Waals surface area contributed by atoms with Crippen LogP contribution in [0.15, 0.2) is 109 Å². The van der Waals surface area contributed by atoms with Gasteiger partial charge in [0.1, 0.15) is 17.2 Å². The number of likely N-dealkylation sites (tertiary alicyclic amines) is 1. The third kappa shape index (κ3) is 4.04. The predicted molar refractivity (Wildman–Crippen MR) is 157 cm³/mol. The number of anilines is 1. The molecule has 3 aliphatic heterocycles. The van der Waals surface area contributed by atoms with Gasteiger partial charge in [-0.15, -0.1) is 0 Å². The number of benzene rings is 4. The van der Waals surface area contributed by atoms with E-state index in [-0.39, 0.29) is 29.5 Å². The zero-order valence-corrected chi connectivity index (χ0v) is 22.8. The van der Waals surface area contributed by atoms with Crippen molar-refractivity contribution in [1.29, 1.82) is 0 Å². The van der Waals surface area contributed by atoms with Crippen molar-refractivity contribution >= 4 is 17.7 Å². The van der Waals surface area contributed by atoms with Crippen molar-refractivity contribution in [2.75, 3.05) is 25.5 Å². The molecule has 0 bridgehead atoms. The number of fused-ring (bicyclic) bond motifs is 3. The lowest BCUT2D eigenvalue weighted by molar-refractivity contribution is -0.127. The smallest absolute Gasteiger partial charge is 0.250 e. The minimum atomic E-state index is -1.04. The number of nitrogens with one attached hydrogen (secondary N) is 2. The molecule has 4 aromatic carbocycles. The summed E-state index contributed by atoms with van der Waals surface area (Å²) >= 11 is 0. The third-order valence-electron chi connectivity index (χ3n) is 9.16. The first-order valence-corrected chi connectivity index (χ1v) is 14.0. The fraction of sp³-hybridized carbons (Fsp3) is 0.229. The Hall–Kier alpha value is -4.13. The molecule has 206 valence electrons. The fourth-order valence-corrected chi connectivity index (χ4v) is 7.78. The molecule has 2 N–H and O–H groups in total. The quantitative estimate of drug-likeness (QED) is 0.302. The minimum absolute atomic E-state index is 0.0688. The Morgan fingerprint density at radius 1 is 0.829 bits per heavy atom. The van der Waals surface area contributed by atoms with Crippen LogP contribution in [0.4, 0.5) is 14.5 Å². The van der Waals surface area contributed by atoms with Crippen LogP contribution in [0.1, 0.15) is 40.6 Å². The van der Waals surface area contributed by atoms with Crippen molar-refractivity contribution in [1.82, 2.24) is 10.2 Å². The molecule has 41 heavy (non-hydrogen) atoms. The van der Waals surface area contributed by atoms with Gasteiger partial charge < -0.3 is 10.2 Å². The van der Waals surface area contributed by atoms with Crippen molar-refractivity contribution in [2.45, 2.75) is 23.9 Å². The summed E-state index contributed by atoms with van der Waals surface area (Å²) in [6.45, 7) is 1.37. The number of amides is 1. The molecular formula is C35H31F2N3O. The van der Waals surface area contributed by atoms with E-state index in [9.17, 15) is 13.6 Å². The number of para-hydroxylation sites is 1. The molecule has 0 radical (unpaired) electrons. The van der Waals surface area contributed by atoms with Crippen LogP contribution in [0.2, 0.25) is 0 Å². The van der Waals surface area contributed by atoms with E-state index in [2.05, 4.69) is 46.9 Å². The first-order chi connectivity index (χ1) is 19.9. The highest BCUT2D eigenvalue weighted by Gasteiger charge is 2.71. The Morgan fingerprint density at radius 3 is 2.22 bits per heavy atom. The summed E-state index contributed by atoms with van der Waals surface area (Å²) in [5, 5.41) is 7.11. The Balaban J connectivity index is 1.49. The summed E-state index contributed by atoms with van der Waals surface area (Å²) < 4.78 is 28.0. The van der Waals surface area contributed by atoms with Gasteiger partial charge in [-0.2, -0.15) is 0 Å². The lowest BCUT2D eigenvalue weighted by atomic mass is 9.56. The molecule has 2 saturated heterocycles. The van der Waals surface area contributed by atoms with Gasteiger partial charge in [0.25, 0.3) is 0 Å². The van der Waals surface area contributed by atoms with Crippen LogP contribution in [0.25, 0.3) is 6.08 Å². The number of piperidine rings is 1. The van der Waals surface area contributed by atoms with Crippen molar-refractivity contribution in [3.8, 4) is 0 Å². The minimum Gasteiger partial charge on any atom is -0.324 e. The van der Waals surface area contributed by atoms with Gasteiger partial charge in [0, 0.05) is 41.7 Å². The van der Waals surface area contributed by atoms with Crippen LogP contribution >= 0.6 is 0 Å². The van der Waals surface area contributed by atoms with E-state index in [1.807, 2.05) is 48.5 Å². The lowest BCUT2D eigenvalue weighted by Gasteiger charge is -2.51. The largest absolute Gasteiger partial charge is 0.324 e. The predicted octanol–water partition coefficient (Wildman–Crippen LogP) is 6.65. The van der Waals surface area contributed by atoms with E-state index in [4.69, 9.17) is 0 Å². The standard InChI is InChI=1S/C35H31F2N3O/c1-40-21-24(19-23-11-15-27(36)16-12-23)20-34(22-40)31(25-13-17-28(37)18-14-25)32(26-7-3-2-4-8-26)39-35(34)29-9-5-6-10-30(29)38-33(35)41/h2-19,31-32,39H,20-22H2,1H3,(H,38,41)/b24-19+/t31-,32+,34+,35-/m1/s1. The number of nitrogens with zero attached hydrogens (tertiary/aromatic N) is 1. The number of carbonyl (C=O) groups excluding carboxylic acids is 1. The van der Waals surface area contributed by atoms with Crippen LogP contribution in [0.3, 0.4) is 0 Å². The van der Waals surface area contributed by atoms with Gasteiger partial charge in [-0.25, -0.2) is 8.78 Å². The first-order valence-electron chi connectivity index (χ1n) is 14.0. The van der Waals surface area contributed by atoms with Gasteiger partial charge >= 0.3 is 0 Å². The molecule has 1 amide bonds. The maximum atomic E-state index is 14.4. The number of carbonyl (C=O) groups is 1. The van der Waals surface area contributed by atoms with Crippen LogP contribution in [-0.4, -0.2) is 30.9 Å². The molecule has 0 saturated carbocycles. The summed E-state index contributed by atoms with van der Waals surface area (Å²) in [5.41, 5.74) is 4.21. The maximum Gasteiger partial charge on any atom is 0.250 e. The topological polar surface area (TPSA) is 44.4 Å². The maximum absolute atomic E-state index is 14.4. The molecule has 6 heteroatoms. The number of hydrogen-bond donors (Lipinski definition) is 2. The second kappa shape index (κ2) is 9.75. The summed E-state index contributed by atoms with van der Waals surface area (Å²) in [4.78, 5) is 16.7. The summed E-state index contributed by atoms with van der Waals surface area (Å²) in [6.07, 6.45) is 2.76. The Kier molecular flexibility index (Phi) is 6.14. The molecule has 7 rings (SSSR count). The summed E-state index contributed by atoms with van der Waals surface area (Å²) in [7, 11) is 2.09. The molecule has 2 fully saturated rings.